The number of carbonyl (C=O) groups is 1. The van der Waals surface area contributed by atoms with Gasteiger partial charge < -0.3 is 25.5 Å². The van der Waals surface area contributed by atoms with Crippen molar-refractivity contribution in [2.24, 2.45) is 0 Å². The molecule has 0 rings (SSSR count). The Hall–Kier alpha value is 0.120. The van der Waals surface area contributed by atoms with E-state index in [4.69, 9.17) is 30.1 Å². The standard InChI is InChI=1S/C6H12O9S.Au/c7-1-2(8)3(9)4(10)5(11)6(12)16(13,14)15;/h2-5,7-11H,1H2,(H,13,14,15);/t2-,3-,4+,5-;/m1./s1. The van der Waals surface area contributed by atoms with Crippen molar-refractivity contribution >= 4 is 15.2 Å². The SMILES string of the molecule is O=C([C@H](O)[C@@H](O)[C@H](O)[C@H](O)CO)S(=O)(=O)O.[Au]. The molecule has 6 N–H and O–H groups in total. The average molecular weight is 457 g/mol. The third-order valence-electron chi connectivity index (χ3n) is 1.75. The molecule has 11 heteroatoms. The second kappa shape index (κ2) is 7.53. The molecule has 0 aliphatic carbocycles. The Kier molecular flexibility index (Phi) is 8.62. The molecule has 0 aromatic rings. The molecular weight excluding hydrogens is 445 g/mol. The van der Waals surface area contributed by atoms with Crippen LogP contribution in [-0.2, 0) is 37.3 Å². The van der Waals surface area contributed by atoms with E-state index in [0.29, 0.717) is 0 Å². The van der Waals surface area contributed by atoms with Gasteiger partial charge in [-0.05, 0) is 0 Å². The van der Waals surface area contributed by atoms with Gasteiger partial charge in [0.05, 0.1) is 6.61 Å². The van der Waals surface area contributed by atoms with Crippen molar-refractivity contribution in [3.05, 3.63) is 0 Å². The molecule has 0 amide bonds. The molecule has 4 atom stereocenters. The molecule has 0 unspecified atom stereocenters. The summed E-state index contributed by atoms with van der Waals surface area (Å²) in [6.07, 6.45) is -9.02. The Morgan fingerprint density at radius 1 is 1.06 bits per heavy atom. The first-order chi connectivity index (χ1) is 7.12. The zero-order chi connectivity index (χ0) is 13.1. The minimum absolute atomic E-state index is 0. The van der Waals surface area contributed by atoms with Crippen LogP contribution in [0.1, 0.15) is 0 Å². The zero-order valence-corrected chi connectivity index (χ0v) is 11.1. The first-order valence-electron chi connectivity index (χ1n) is 3.97. The van der Waals surface area contributed by atoms with Gasteiger partial charge in [0.25, 0.3) is 0 Å². The number of aliphatic hydroxyl groups is 5. The third kappa shape index (κ3) is 5.52. The number of aliphatic hydroxyl groups excluding tert-OH is 5. The summed E-state index contributed by atoms with van der Waals surface area (Å²) >= 11 is 0. The van der Waals surface area contributed by atoms with Gasteiger partial charge in [-0.2, -0.15) is 8.42 Å². The molecule has 0 heterocycles. The fourth-order valence-electron chi connectivity index (χ4n) is 0.814. The van der Waals surface area contributed by atoms with E-state index in [-0.39, 0.29) is 22.4 Å². The smallest absolute Gasteiger partial charge is 0.331 e. The first kappa shape index (κ1) is 19.5. The molecule has 0 aliphatic rings. The first-order valence-corrected chi connectivity index (χ1v) is 5.41. The minimum Gasteiger partial charge on any atom is -0.394 e. The van der Waals surface area contributed by atoms with Gasteiger partial charge in [-0.3, -0.25) is 9.35 Å². The van der Waals surface area contributed by atoms with Gasteiger partial charge in [0, 0.05) is 22.4 Å². The molecule has 9 nitrogen and oxygen atoms in total. The van der Waals surface area contributed by atoms with E-state index in [0.717, 1.165) is 0 Å². The van der Waals surface area contributed by atoms with Gasteiger partial charge in [0.15, 0.2) is 6.10 Å². The van der Waals surface area contributed by atoms with Gasteiger partial charge in [0.1, 0.15) is 18.3 Å². The summed E-state index contributed by atoms with van der Waals surface area (Å²) in [7, 11) is -5.22. The monoisotopic (exact) mass is 457 g/mol. The molecule has 0 saturated carbocycles. The second-order valence-electron chi connectivity index (χ2n) is 2.97. The zero-order valence-electron chi connectivity index (χ0n) is 8.13. The van der Waals surface area contributed by atoms with Crippen molar-refractivity contribution in [3.8, 4) is 0 Å². The van der Waals surface area contributed by atoms with E-state index in [2.05, 4.69) is 0 Å². The van der Waals surface area contributed by atoms with Crippen molar-refractivity contribution in [3.63, 3.8) is 0 Å². The molecule has 1 radical (unpaired) electrons. The molecule has 0 saturated heterocycles. The van der Waals surface area contributed by atoms with E-state index in [9.17, 15) is 13.2 Å². The van der Waals surface area contributed by atoms with Crippen LogP contribution in [0.5, 0.6) is 0 Å². The van der Waals surface area contributed by atoms with Crippen LogP contribution in [0.2, 0.25) is 0 Å². The van der Waals surface area contributed by atoms with Crippen molar-refractivity contribution < 1.29 is 65.7 Å². The van der Waals surface area contributed by atoms with E-state index in [1.807, 2.05) is 0 Å². The Morgan fingerprint density at radius 2 is 1.47 bits per heavy atom. The maximum absolute atomic E-state index is 10.7. The van der Waals surface area contributed by atoms with Crippen molar-refractivity contribution in [1.82, 2.24) is 0 Å². The van der Waals surface area contributed by atoms with Crippen LogP contribution in [0.4, 0.5) is 0 Å². The number of rotatable bonds is 5. The summed E-state index contributed by atoms with van der Waals surface area (Å²) in [5, 5.41) is 42.1. The van der Waals surface area contributed by atoms with Crippen molar-refractivity contribution in [2.45, 2.75) is 24.4 Å². The summed E-state index contributed by atoms with van der Waals surface area (Å²) in [5.74, 6) is 0. The van der Waals surface area contributed by atoms with Crippen LogP contribution in [0.3, 0.4) is 0 Å². The van der Waals surface area contributed by atoms with Gasteiger partial charge in [-0.25, -0.2) is 0 Å². The van der Waals surface area contributed by atoms with Crippen molar-refractivity contribution in [2.75, 3.05) is 6.61 Å². The van der Waals surface area contributed by atoms with Gasteiger partial charge >= 0.3 is 15.2 Å². The van der Waals surface area contributed by atoms with Crippen LogP contribution in [0.15, 0.2) is 0 Å². The summed E-state index contributed by atoms with van der Waals surface area (Å²) in [5.41, 5.74) is 0. The second-order valence-corrected chi connectivity index (χ2v) is 4.32. The molecule has 0 aliphatic heterocycles. The molecule has 17 heavy (non-hydrogen) atoms. The molecule has 0 bridgehead atoms. The maximum atomic E-state index is 10.7. The predicted molar refractivity (Wildman–Crippen MR) is 47.7 cm³/mol. The average Bonchev–Trinajstić information content (AvgIpc) is 2.22. The van der Waals surface area contributed by atoms with E-state index in [1.165, 1.54) is 0 Å². The molecule has 0 aromatic carbocycles. The Balaban J connectivity index is 0. The van der Waals surface area contributed by atoms with E-state index in [1.54, 1.807) is 0 Å². The maximum Gasteiger partial charge on any atom is 0.331 e. The Morgan fingerprint density at radius 3 is 1.76 bits per heavy atom. The molecule has 0 spiro atoms. The Bertz CT molecular complexity index is 341. The van der Waals surface area contributed by atoms with Gasteiger partial charge in [0.2, 0.25) is 0 Å². The number of carbonyl (C=O) groups excluding carboxylic acids is 1. The van der Waals surface area contributed by atoms with Crippen LogP contribution in [-0.4, -0.2) is 74.6 Å². The topological polar surface area (TPSA) is 173 Å². The molecular formula is C6H12AuO9S. The molecule has 0 fully saturated rings. The van der Waals surface area contributed by atoms with Crippen LogP contribution in [0.25, 0.3) is 0 Å². The predicted octanol–water partition coefficient (Wildman–Crippen LogP) is -4.17. The van der Waals surface area contributed by atoms with Gasteiger partial charge in [-0.1, -0.05) is 0 Å². The third-order valence-corrected chi connectivity index (χ3v) is 2.50. The van der Waals surface area contributed by atoms with E-state index < -0.39 is 46.3 Å². The Labute approximate surface area is 112 Å². The largest absolute Gasteiger partial charge is 0.394 e. The fourth-order valence-corrected chi connectivity index (χ4v) is 1.26. The minimum atomic E-state index is -5.22. The number of hydrogen-bond donors (Lipinski definition) is 6. The quantitative estimate of drug-likeness (QED) is 0.177. The van der Waals surface area contributed by atoms with Crippen LogP contribution in [0, 0.1) is 0 Å². The summed E-state index contributed by atoms with van der Waals surface area (Å²) in [6.45, 7) is -0.981. The normalized spacial score (nSPS) is 18.7. The van der Waals surface area contributed by atoms with Crippen LogP contribution < -0.4 is 0 Å². The van der Waals surface area contributed by atoms with Gasteiger partial charge in [-0.15, -0.1) is 0 Å². The number of hydrogen-bond acceptors (Lipinski definition) is 8. The fraction of sp³-hybridized carbons (Fsp3) is 0.833. The molecule has 107 valence electrons. The van der Waals surface area contributed by atoms with Crippen LogP contribution >= 0.6 is 0 Å². The van der Waals surface area contributed by atoms with Crippen molar-refractivity contribution in [1.29, 1.82) is 0 Å². The summed E-state index contributed by atoms with van der Waals surface area (Å²) < 4.78 is 28.8. The summed E-state index contributed by atoms with van der Waals surface area (Å²) in [6, 6.07) is 0. The molecule has 0 aromatic heterocycles. The van der Waals surface area contributed by atoms with E-state index >= 15 is 0 Å². The summed E-state index contributed by atoms with van der Waals surface area (Å²) in [4.78, 5) is 10.7.